The van der Waals surface area contributed by atoms with Crippen LogP contribution >= 0.6 is 0 Å². The molecule has 5 heteroatoms. The number of carboxylic acid groups (broad SMARTS) is 1. The van der Waals surface area contributed by atoms with Crippen molar-refractivity contribution in [2.75, 3.05) is 19.6 Å². The van der Waals surface area contributed by atoms with Crippen LogP contribution in [0.15, 0.2) is 0 Å². The molecule has 1 aliphatic rings. The van der Waals surface area contributed by atoms with Crippen LogP contribution in [0, 0.1) is 0 Å². The van der Waals surface area contributed by atoms with Crippen LogP contribution in [0.3, 0.4) is 0 Å². The largest absolute Gasteiger partial charge is 0.480 e. The second-order valence-electron chi connectivity index (χ2n) is 3.82. The molecule has 86 valence electrons. The highest BCUT2D eigenvalue weighted by atomic mass is 16.4. The van der Waals surface area contributed by atoms with Gasteiger partial charge in [-0.15, -0.1) is 0 Å². The van der Waals surface area contributed by atoms with Gasteiger partial charge in [0, 0.05) is 13.1 Å². The molecule has 1 rings (SSSR count). The van der Waals surface area contributed by atoms with Gasteiger partial charge in [0.05, 0.1) is 6.54 Å². The second-order valence-corrected chi connectivity index (χ2v) is 3.82. The van der Waals surface area contributed by atoms with E-state index in [1.807, 2.05) is 6.92 Å². The molecule has 2 N–H and O–H groups in total. The molecular formula is C10H18N2O3. The zero-order valence-electron chi connectivity index (χ0n) is 9.03. The normalized spacial score (nSPS) is 20.5. The molecule has 1 aliphatic heterocycles. The molecule has 1 saturated heterocycles. The van der Waals surface area contributed by atoms with Gasteiger partial charge in [0.25, 0.3) is 0 Å². The van der Waals surface area contributed by atoms with E-state index in [9.17, 15) is 9.59 Å². The van der Waals surface area contributed by atoms with Crippen molar-refractivity contribution >= 4 is 11.9 Å². The van der Waals surface area contributed by atoms with Crippen LogP contribution in [0.4, 0.5) is 0 Å². The van der Waals surface area contributed by atoms with E-state index in [1.165, 1.54) is 0 Å². The number of rotatable bonds is 4. The van der Waals surface area contributed by atoms with Crippen LogP contribution in [0.2, 0.25) is 0 Å². The van der Waals surface area contributed by atoms with Crippen LogP contribution in [0.25, 0.3) is 0 Å². The Morgan fingerprint density at radius 3 is 3.00 bits per heavy atom. The maximum atomic E-state index is 11.3. The van der Waals surface area contributed by atoms with Crippen LogP contribution in [-0.2, 0) is 9.59 Å². The van der Waals surface area contributed by atoms with Crippen molar-refractivity contribution < 1.29 is 14.7 Å². The molecule has 0 bridgehead atoms. The topological polar surface area (TPSA) is 69.6 Å². The minimum absolute atomic E-state index is 0.0742. The number of carbonyl (C=O) groups excluding carboxylic acids is 1. The Bertz CT molecular complexity index is 243. The van der Waals surface area contributed by atoms with Crippen LogP contribution in [-0.4, -0.2) is 47.6 Å². The van der Waals surface area contributed by atoms with Crippen LogP contribution in [0.5, 0.6) is 0 Å². The Morgan fingerprint density at radius 1 is 1.67 bits per heavy atom. The maximum Gasteiger partial charge on any atom is 0.320 e. The van der Waals surface area contributed by atoms with Crippen molar-refractivity contribution in [3.05, 3.63) is 0 Å². The van der Waals surface area contributed by atoms with E-state index in [-0.39, 0.29) is 12.5 Å². The summed E-state index contributed by atoms with van der Waals surface area (Å²) in [4.78, 5) is 24.1. The third kappa shape index (κ3) is 3.51. The van der Waals surface area contributed by atoms with Crippen molar-refractivity contribution in [3.63, 3.8) is 0 Å². The smallest absolute Gasteiger partial charge is 0.320 e. The first kappa shape index (κ1) is 12.0. The standard InChI is InChI=1S/C10H18N2O3/c1-2-4-8(10(14)15)12-6-3-5-11-9(13)7-12/h8H,2-7H2,1H3,(H,11,13)(H,14,15). The summed E-state index contributed by atoms with van der Waals surface area (Å²) in [6.45, 7) is 3.48. The van der Waals surface area contributed by atoms with Crippen LogP contribution in [0.1, 0.15) is 26.2 Å². The number of aliphatic carboxylic acids is 1. The summed E-state index contributed by atoms with van der Waals surface area (Å²) in [5, 5.41) is 11.8. The maximum absolute atomic E-state index is 11.3. The average molecular weight is 214 g/mol. The van der Waals surface area contributed by atoms with Gasteiger partial charge in [-0.25, -0.2) is 0 Å². The SMILES string of the molecule is CCCC(C(=O)O)N1CCCNC(=O)C1. The Hall–Kier alpha value is -1.10. The Morgan fingerprint density at radius 2 is 2.40 bits per heavy atom. The van der Waals surface area contributed by atoms with Crippen LogP contribution < -0.4 is 5.32 Å². The molecule has 0 saturated carbocycles. The van der Waals surface area contributed by atoms with E-state index in [4.69, 9.17) is 5.11 Å². The molecule has 1 amide bonds. The van der Waals surface area contributed by atoms with Crippen molar-refractivity contribution in [3.8, 4) is 0 Å². The van der Waals surface area contributed by atoms with Crippen molar-refractivity contribution in [2.45, 2.75) is 32.2 Å². The lowest BCUT2D eigenvalue weighted by atomic mass is 10.1. The molecule has 1 unspecified atom stereocenters. The number of hydrogen-bond donors (Lipinski definition) is 2. The monoisotopic (exact) mass is 214 g/mol. The van der Waals surface area contributed by atoms with E-state index in [0.29, 0.717) is 19.5 Å². The lowest BCUT2D eigenvalue weighted by molar-refractivity contribution is -0.144. The van der Waals surface area contributed by atoms with E-state index in [2.05, 4.69) is 5.32 Å². The molecule has 15 heavy (non-hydrogen) atoms. The summed E-state index contributed by atoms with van der Waals surface area (Å²) >= 11 is 0. The minimum Gasteiger partial charge on any atom is -0.480 e. The Kier molecular flexibility index (Phi) is 4.55. The van der Waals surface area contributed by atoms with Gasteiger partial charge in [-0.2, -0.15) is 0 Å². The molecule has 5 nitrogen and oxygen atoms in total. The molecule has 1 heterocycles. The Labute approximate surface area is 89.4 Å². The van der Waals surface area contributed by atoms with Crippen molar-refractivity contribution in [1.29, 1.82) is 0 Å². The van der Waals surface area contributed by atoms with Gasteiger partial charge in [0.2, 0.25) is 5.91 Å². The number of carbonyl (C=O) groups is 2. The zero-order chi connectivity index (χ0) is 11.3. The number of carboxylic acids is 1. The second kappa shape index (κ2) is 5.70. The quantitative estimate of drug-likeness (QED) is 0.694. The number of nitrogens with zero attached hydrogens (tertiary/aromatic N) is 1. The molecular weight excluding hydrogens is 196 g/mol. The fourth-order valence-electron chi connectivity index (χ4n) is 1.83. The number of hydrogen-bond acceptors (Lipinski definition) is 3. The first-order valence-corrected chi connectivity index (χ1v) is 5.38. The van der Waals surface area contributed by atoms with E-state index in [0.717, 1.165) is 12.8 Å². The molecule has 0 aromatic rings. The van der Waals surface area contributed by atoms with Gasteiger partial charge in [-0.05, 0) is 12.8 Å². The highest BCUT2D eigenvalue weighted by molar-refractivity contribution is 5.80. The van der Waals surface area contributed by atoms with E-state index in [1.54, 1.807) is 4.90 Å². The van der Waals surface area contributed by atoms with Gasteiger partial charge >= 0.3 is 5.97 Å². The first-order valence-electron chi connectivity index (χ1n) is 5.38. The number of nitrogens with one attached hydrogen (secondary N) is 1. The molecule has 0 aromatic carbocycles. The van der Waals surface area contributed by atoms with Crippen molar-refractivity contribution in [2.24, 2.45) is 0 Å². The lowest BCUT2D eigenvalue weighted by Crippen LogP contribution is -2.44. The molecule has 0 spiro atoms. The van der Waals surface area contributed by atoms with Gasteiger partial charge in [-0.1, -0.05) is 13.3 Å². The van der Waals surface area contributed by atoms with E-state index < -0.39 is 12.0 Å². The summed E-state index contributed by atoms with van der Waals surface area (Å²) in [7, 11) is 0. The third-order valence-electron chi connectivity index (χ3n) is 2.58. The Balaban J connectivity index is 2.63. The average Bonchev–Trinajstić information content (AvgIpc) is 2.38. The summed E-state index contributed by atoms with van der Waals surface area (Å²) in [5.74, 6) is -0.901. The predicted octanol–water partition coefficient (Wildman–Crippen LogP) is 0.0616. The molecule has 0 aliphatic carbocycles. The van der Waals surface area contributed by atoms with Crippen molar-refractivity contribution in [1.82, 2.24) is 10.2 Å². The summed E-state index contributed by atoms with van der Waals surface area (Å²) in [6.07, 6.45) is 2.23. The molecule has 0 aromatic heterocycles. The highest BCUT2D eigenvalue weighted by Gasteiger charge is 2.27. The zero-order valence-corrected chi connectivity index (χ0v) is 9.03. The van der Waals surface area contributed by atoms with E-state index >= 15 is 0 Å². The fourth-order valence-corrected chi connectivity index (χ4v) is 1.83. The lowest BCUT2D eigenvalue weighted by Gasteiger charge is -2.25. The molecule has 1 fully saturated rings. The van der Waals surface area contributed by atoms with Gasteiger partial charge < -0.3 is 10.4 Å². The predicted molar refractivity (Wildman–Crippen MR) is 55.5 cm³/mol. The van der Waals surface area contributed by atoms with Gasteiger partial charge in [0.1, 0.15) is 6.04 Å². The van der Waals surface area contributed by atoms with Gasteiger partial charge in [-0.3, -0.25) is 14.5 Å². The molecule has 1 atom stereocenters. The van der Waals surface area contributed by atoms with Gasteiger partial charge in [0.15, 0.2) is 0 Å². The first-order chi connectivity index (χ1) is 7.15. The number of amides is 1. The highest BCUT2D eigenvalue weighted by Crippen LogP contribution is 2.09. The fraction of sp³-hybridized carbons (Fsp3) is 0.800. The summed E-state index contributed by atoms with van der Waals surface area (Å²) in [6, 6.07) is -0.515. The minimum atomic E-state index is -0.827. The third-order valence-corrected chi connectivity index (χ3v) is 2.58. The molecule has 0 radical (unpaired) electrons. The summed E-state index contributed by atoms with van der Waals surface area (Å²) in [5.41, 5.74) is 0. The summed E-state index contributed by atoms with van der Waals surface area (Å²) < 4.78 is 0.